The summed E-state index contributed by atoms with van der Waals surface area (Å²) in [6.07, 6.45) is 5.31. The molecule has 0 bridgehead atoms. The van der Waals surface area contributed by atoms with Gasteiger partial charge in [-0.2, -0.15) is 0 Å². The highest BCUT2D eigenvalue weighted by molar-refractivity contribution is 5.41. The van der Waals surface area contributed by atoms with Crippen LogP contribution in [0.1, 0.15) is 40.0 Å². The summed E-state index contributed by atoms with van der Waals surface area (Å²) in [7, 11) is 0. The molecule has 21 heavy (non-hydrogen) atoms. The smallest absolute Gasteiger partial charge is 0.250 e. The summed E-state index contributed by atoms with van der Waals surface area (Å²) in [5.74, 6) is 0.743. The molecule has 0 spiro atoms. The second-order valence-corrected chi connectivity index (χ2v) is 6.56. The molecular formula is C17H29N3O. The molecule has 1 fully saturated rings. The van der Waals surface area contributed by atoms with Gasteiger partial charge in [0.25, 0.3) is 5.56 Å². The zero-order valence-corrected chi connectivity index (χ0v) is 13.6. The molecule has 0 unspecified atom stereocenters. The average Bonchev–Trinajstić information content (AvgIpc) is 2.44. The van der Waals surface area contributed by atoms with E-state index in [1.165, 1.54) is 32.5 Å². The maximum atomic E-state index is 11.7. The van der Waals surface area contributed by atoms with Crippen molar-refractivity contribution in [2.45, 2.75) is 52.6 Å². The van der Waals surface area contributed by atoms with Gasteiger partial charge in [-0.25, -0.2) is 0 Å². The molecule has 0 radical (unpaired) electrons. The summed E-state index contributed by atoms with van der Waals surface area (Å²) in [6.45, 7) is 11.0. The van der Waals surface area contributed by atoms with E-state index in [-0.39, 0.29) is 5.56 Å². The van der Waals surface area contributed by atoms with Gasteiger partial charge >= 0.3 is 0 Å². The molecule has 0 aromatic carbocycles. The SMILES string of the molecule is CCCn1cc(NC2CCN(CC(C)C)CC2)ccc1=O. The predicted octanol–water partition coefficient (Wildman–Crippen LogP) is 2.79. The van der Waals surface area contributed by atoms with Crippen molar-refractivity contribution in [3.05, 3.63) is 28.7 Å². The van der Waals surface area contributed by atoms with Crippen molar-refractivity contribution in [1.82, 2.24) is 9.47 Å². The number of piperidine rings is 1. The van der Waals surface area contributed by atoms with Crippen molar-refractivity contribution in [3.63, 3.8) is 0 Å². The zero-order valence-electron chi connectivity index (χ0n) is 13.6. The van der Waals surface area contributed by atoms with E-state index in [1.807, 2.05) is 12.3 Å². The number of aryl methyl sites for hydroxylation is 1. The highest BCUT2D eigenvalue weighted by Gasteiger charge is 2.19. The van der Waals surface area contributed by atoms with Crippen molar-refractivity contribution in [2.75, 3.05) is 25.0 Å². The van der Waals surface area contributed by atoms with Gasteiger partial charge in [0.2, 0.25) is 0 Å². The minimum Gasteiger partial charge on any atom is -0.381 e. The molecule has 1 N–H and O–H groups in total. The molecule has 1 aliphatic rings. The number of hydrogen-bond donors (Lipinski definition) is 1. The van der Waals surface area contributed by atoms with Crippen molar-refractivity contribution in [2.24, 2.45) is 5.92 Å². The monoisotopic (exact) mass is 291 g/mol. The third-order valence-electron chi connectivity index (χ3n) is 4.03. The molecule has 1 aromatic heterocycles. The Hall–Kier alpha value is -1.29. The van der Waals surface area contributed by atoms with E-state index in [0.29, 0.717) is 6.04 Å². The summed E-state index contributed by atoms with van der Waals surface area (Å²) < 4.78 is 1.80. The van der Waals surface area contributed by atoms with Gasteiger partial charge in [0, 0.05) is 44.5 Å². The molecule has 4 heteroatoms. The van der Waals surface area contributed by atoms with Crippen LogP contribution in [0.25, 0.3) is 0 Å². The Morgan fingerprint density at radius 3 is 2.62 bits per heavy atom. The molecule has 118 valence electrons. The van der Waals surface area contributed by atoms with E-state index < -0.39 is 0 Å². The fourth-order valence-electron chi connectivity index (χ4n) is 3.04. The van der Waals surface area contributed by atoms with Crippen LogP contribution in [0, 0.1) is 5.92 Å². The minimum atomic E-state index is 0.0918. The van der Waals surface area contributed by atoms with Gasteiger partial charge in [0.1, 0.15) is 0 Å². The Labute approximate surface area is 128 Å². The molecule has 0 amide bonds. The summed E-state index contributed by atoms with van der Waals surface area (Å²) in [4.78, 5) is 14.3. The Bertz CT molecular complexity index is 487. The van der Waals surface area contributed by atoms with Crippen molar-refractivity contribution in [1.29, 1.82) is 0 Å². The molecule has 0 saturated carbocycles. The predicted molar refractivity (Wildman–Crippen MR) is 88.9 cm³/mol. The van der Waals surface area contributed by atoms with Crippen LogP contribution in [0.2, 0.25) is 0 Å². The van der Waals surface area contributed by atoms with Crippen LogP contribution in [0.15, 0.2) is 23.1 Å². The molecule has 2 heterocycles. The number of hydrogen-bond acceptors (Lipinski definition) is 3. The second-order valence-electron chi connectivity index (χ2n) is 6.56. The van der Waals surface area contributed by atoms with Gasteiger partial charge in [-0.1, -0.05) is 20.8 Å². The highest BCUT2D eigenvalue weighted by Crippen LogP contribution is 2.16. The topological polar surface area (TPSA) is 37.3 Å². The lowest BCUT2D eigenvalue weighted by Crippen LogP contribution is -2.40. The summed E-state index contributed by atoms with van der Waals surface area (Å²) >= 11 is 0. The first kappa shape index (κ1) is 16.1. The van der Waals surface area contributed by atoms with E-state index >= 15 is 0 Å². The molecular weight excluding hydrogens is 262 g/mol. The quantitative estimate of drug-likeness (QED) is 0.875. The Balaban J connectivity index is 1.88. The molecule has 0 atom stereocenters. The highest BCUT2D eigenvalue weighted by atomic mass is 16.1. The first-order chi connectivity index (χ1) is 10.1. The van der Waals surface area contributed by atoms with Gasteiger partial charge in [0.15, 0.2) is 0 Å². The van der Waals surface area contributed by atoms with Crippen molar-refractivity contribution < 1.29 is 0 Å². The van der Waals surface area contributed by atoms with Crippen LogP contribution in [-0.4, -0.2) is 35.1 Å². The van der Waals surface area contributed by atoms with Gasteiger partial charge in [0.05, 0.1) is 5.69 Å². The lowest BCUT2D eigenvalue weighted by atomic mass is 10.0. The Kier molecular flexibility index (Phi) is 5.85. The number of aromatic nitrogens is 1. The average molecular weight is 291 g/mol. The van der Waals surface area contributed by atoms with Crippen LogP contribution in [0.4, 0.5) is 5.69 Å². The number of nitrogens with zero attached hydrogens (tertiary/aromatic N) is 2. The fourth-order valence-corrected chi connectivity index (χ4v) is 3.04. The Morgan fingerprint density at radius 2 is 2.00 bits per heavy atom. The molecule has 2 rings (SSSR count). The van der Waals surface area contributed by atoms with Crippen LogP contribution >= 0.6 is 0 Å². The van der Waals surface area contributed by atoms with E-state index in [9.17, 15) is 4.79 Å². The fraction of sp³-hybridized carbons (Fsp3) is 0.706. The van der Waals surface area contributed by atoms with Gasteiger partial charge in [-0.15, -0.1) is 0 Å². The maximum Gasteiger partial charge on any atom is 0.250 e. The minimum absolute atomic E-state index is 0.0918. The number of nitrogens with one attached hydrogen (secondary N) is 1. The van der Waals surface area contributed by atoms with Gasteiger partial charge < -0.3 is 14.8 Å². The maximum absolute atomic E-state index is 11.7. The number of likely N-dealkylation sites (tertiary alicyclic amines) is 1. The molecule has 4 nitrogen and oxygen atoms in total. The lowest BCUT2D eigenvalue weighted by molar-refractivity contribution is 0.198. The summed E-state index contributed by atoms with van der Waals surface area (Å²) in [5.41, 5.74) is 1.17. The van der Waals surface area contributed by atoms with Crippen LogP contribution < -0.4 is 10.9 Å². The molecule has 0 aliphatic carbocycles. The molecule has 1 saturated heterocycles. The van der Waals surface area contributed by atoms with E-state index in [0.717, 1.165) is 24.6 Å². The van der Waals surface area contributed by atoms with E-state index in [2.05, 4.69) is 31.0 Å². The third kappa shape index (κ3) is 4.88. The molecule has 1 aromatic rings. The normalized spacial score (nSPS) is 17.3. The first-order valence-electron chi connectivity index (χ1n) is 8.28. The standard InChI is InChI=1S/C17H29N3O/c1-4-9-20-13-16(5-6-17(20)21)18-15-7-10-19(11-8-15)12-14(2)3/h5-6,13-15,18H,4,7-12H2,1-3H3. The summed E-state index contributed by atoms with van der Waals surface area (Å²) in [5, 5.41) is 3.59. The van der Waals surface area contributed by atoms with Crippen molar-refractivity contribution in [3.8, 4) is 0 Å². The largest absolute Gasteiger partial charge is 0.381 e. The number of rotatable bonds is 6. The Morgan fingerprint density at radius 1 is 1.29 bits per heavy atom. The lowest BCUT2D eigenvalue weighted by Gasteiger charge is -2.33. The van der Waals surface area contributed by atoms with Crippen molar-refractivity contribution >= 4 is 5.69 Å². The number of pyridine rings is 1. The van der Waals surface area contributed by atoms with E-state index in [1.54, 1.807) is 10.6 Å². The van der Waals surface area contributed by atoms with E-state index in [4.69, 9.17) is 0 Å². The van der Waals surface area contributed by atoms with Crippen LogP contribution in [0.3, 0.4) is 0 Å². The molecule has 1 aliphatic heterocycles. The van der Waals surface area contributed by atoms with Crippen LogP contribution in [-0.2, 0) is 6.54 Å². The second kappa shape index (κ2) is 7.64. The third-order valence-corrected chi connectivity index (χ3v) is 4.03. The summed E-state index contributed by atoms with van der Waals surface area (Å²) in [6, 6.07) is 4.11. The van der Waals surface area contributed by atoms with Gasteiger partial charge in [-0.05, 0) is 31.2 Å². The number of anilines is 1. The zero-order chi connectivity index (χ0) is 15.2. The van der Waals surface area contributed by atoms with Gasteiger partial charge in [-0.3, -0.25) is 4.79 Å². The first-order valence-corrected chi connectivity index (χ1v) is 8.28. The van der Waals surface area contributed by atoms with Crippen LogP contribution in [0.5, 0.6) is 0 Å².